The Balaban J connectivity index is 1.46. The molecule has 1 aliphatic rings. The molecule has 1 N–H and O–H groups in total. The third kappa shape index (κ3) is 3.15. The normalized spacial score (nSPS) is 14.7. The molecule has 26 heavy (non-hydrogen) atoms. The number of imidazole rings is 1. The van der Waals surface area contributed by atoms with Gasteiger partial charge in [0.1, 0.15) is 17.8 Å². The molecule has 0 bridgehead atoms. The van der Waals surface area contributed by atoms with Gasteiger partial charge in [-0.1, -0.05) is 0 Å². The average Bonchev–Trinajstić information content (AvgIpc) is 3.09. The van der Waals surface area contributed by atoms with Crippen LogP contribution in [0.25, 0.3) is 11.3 Å². The summed E-state index contributed by atoms with van der Waals surface area (Å²) in [6.45, 7) is 2.12. The Bertz CT molecular complexity index is 875. The third-order valence-corrected chi connectivity index (χ3v) is 4.65. The molecule has 0 unspecified atom stereocenters. The molecule has 0 radical (unpaired) electrons. The van der Waals surface area contributed by atoms with Crippen LogP contribution in [0.4, 0.5) is 14.6 Å². The Morgan fingerprint density at radius 2 is 1.96 bits per heavy atom. The second-order valence-electron chi connectivity index (χ2n) is 6.42. The fourth-order valence-corrected chi connectivity index (χ4v) is 3.07. The van der Waals surface area contributed by atoms with E-state index in [1.54, 1.807) is 12.5 Å². The van der Waals surface area contributed by atoms with Crippen molar-refractivity contribution in [2.24, 2.45) is 0 Å². The minimum absolute atomic E-state index is 0.185. The maximum atomic E-state index is 14.9. The number of nitrogens with one attached hydrogen (secondary N) is 1. The van der Waals surface area contributed by atoms with E-state index in [9.17, 15) is 8.78 Å². The van der Waals surface area contributed by atoms with Crippen LogP contribution >= 0.6 is 0 Å². The van der Waals surface area contributed by atoms with Gasteiger partial charge in [0.2, 0.25) is 0 Å². The number of likely N-dealkylation sites (N-methyl/N-ethyl adjacent to an activating group) is 1. The minimum atomic E-state index is -0.478. The lowest BCUT2D eigenvalue weighted by Gasteiger charge is -2.44. The molecule has 1 aliphatic heterocycles. The summed E-state index contributed by atoms with van der Waals surface area (Å²) >= 11 is 0. The summed E-state index contributed by atoms with van der Waals surface area (Å²) < 4.78 is 28.0. The van der Waals surface area contributed by atoms with Gasteiger partial charge in [-0.25, -0.2) is 23.7 Å². The maximum absolute atomic E-state index is 14.9. The minimum Gasteiger partial charge on any atom is -0.351 e. The van der Waals surface area contributed by atoms with Crippen molar-refractivity contribution in [2.75, 3.05) is 25.0 Å². The number of anilines is 1. The first-order chi connectivity index (χ1) is 12.6. The molecule has 0 saturated carbocycles. The zero-order chi connectivity index (χ0) is 18.1. The van der Waals surface area contributed by atoms with Gasteiger partial charge in [-0.05, 0) is 31.3 Å². The van der Waals surface area contributed by atoms with Crippen LogP contribution in [0, 0.1) is 11.6 Å². The zero-order valence-electron chi connectivity index (χ0n) is 14.2. The smallest absolute Gasteiger partial charge is 0.191 e. The third-order valence-electron chi connectivity index (χ3n) is 4.65. The number of nitrogens with zero attached hydrogens (tertiary/aromatic N) is 5. The van der Waals surface area contributed by atoms with Gasteiger partial charge in [0, 0.05) is 43.1 Å². The molecule has 1 saturated heterocycles. The Labute approximate surface area is 149 Å². The lowest BCUT2D eigenvalue weighted by atomic mass is 10.1. The highest BCUT2D eigenvalue weighted by Gasteiger charge is 2.33. The predicted molar refractivity (Wildman–Crippen MR) is 93.4 cm³/mol. The molecule has 1 aromatic carbocycles. The number of benzene rings is 1. The molecule has 0 amide bonds. The van der Waals surface area contributed by atoms with Crippen LogP contribution in [0.2, 0.25) is 0 Å². The van der Waals surface area contributed by atoms with E-state index in [4.69, 9.17) is 0 Å². The molecule has 1 fully saturated rings. The summed E-state index contributed by atoms with van der Waals surface area (Å²) in [5.41, 5.74) is 1.75. The first-order valence-electron chi connectivity index (χ1n) is 8.30. The van der Waals surface area contributed by atoms with Gasteiger partial charge in [-0.3, -0.25) is 4.90 Å². The number of hydrogen-bond donors (Lipinski definition) is 1. The van der Waals surface area contributed by atoms with E-state index in [-0.39, 0.29) is 17.3 Å². The van der Waals surface area contributed by atoms with Gasteiger partial charge in [0.05, 0.1) is 6.33 Å². The number of halogens is 2. The summed E-state index contributed by atoms with van der Waals surface area (Å²) in [6, 6.07) is 5.92. The van der Waals surface area contributed by atoms with Crippen molar-refractivity contribution >= 4 is 5.82 Å². The van der Waals surface area contributed by atoms with E-state index in [0.29, 0.717) is 24.7 Å². The summed E-state index contributed by atoms with van der Waals surface area (Å²) in [5, 5.41) is 0. The SMILES string of the molecule is CN(Cc1cnc[nH]1)C1CN(c2ncnc(-c3ccc(F)cc3)c2F)C1. The molecule has 134 valence electrons. The Morgan fingerprint density at radius 1 is 1.19 bits per heavy atom. The van der Waals surface area contributed by atoms with Crippen molar-refractivity contribution in [3.05, 3.63) is 60.4 Å². The molecular formula is C18H18F2N6. The molecular weight excluding hydrogens is 338 g/mol. The van der Waals surface area contributed by atoms with Crippen molar-refractivity contribution in [3.8, 4) is 11.3 Å². The summed E-state index contributed by atoms with van der Waals surface area (Å²) in [7, 11) is 2.03. The fraction of sp³-hybridized carbons (Fsp3) is 0.278. The van der Waals surface area contributed by atoms with Crippen LogP contribution < -0.4 is 4.90 Å². The van der Waals surface area contributed by atoms with Crippen molar-refractivity contribution in [2.45, 2.75) is 12.6 Å². The van der Waals surface area contributed by atoms with Gasteiger partial charge in [-0.2, -0.15) is 0 Å². The van der Waals surface area contributed by atoms with Crippen molar-refractivity contribution in [1.82, 2.24) is 24.8 Å². The van der Waals surface area contributed by atoms with Crippen LogP contribution in [-0.4, -0.2) is 51.0 Å². The molecule has 3 aromatic rings. The van der Waals surface area contributed by atoms with E-state index < -0.39 is 5.82 Å². The van der Waals surface area contributed by atoms with Crippen LogP contribution in [-0.2, 0) is 6.54 Å². The fourth-order valence-electron chi connectivity index (χ4n) is 3.07. The number of H-pyrrole nitrogens is 1. The summed E-state index contributed by atoms with van der Waals surface area (Å²) in [5.74, 6) is -0.561. The first-order valence-corrected chi connectivity index (χ1v) is 8.30. The number of aromatic amines is 1. The second-order valence-corrected chi connectivity index (χ2v) is 6.42. The van der Waals surface area contributed by atoms with Crippen molar-refractivity contribution < 1.29 is 8.78 Å². The summed E-state index contributed by atoms with van der Waals surface area (Å²) in [4.78, 5) is 19.3. The predicted octanol–water partition coefficient (Wildman–Crippen LogP) is 2.47. The van der Waals surface area contributed by atoms with E-state index in [1.165, 1.54) is 30.6 Å². The van der Waals surface area contributed by atoms with E-state index >= 15 is 0 Å². The number of aromatic nitrogens is 4. The van der Waals surface area contributed by atoms with Crippen LogP contribution in [0.1, 0.15) is 5.69 Å². The van der Waals surface area contributed by atoms with E-state index in [2.05, 4.69) is 24.8 Å². The molecule has 0 atom stereocenters. The zero-order valence-corrected chi connectivity index (χ0v) is 14.2. The molecule has 2 aromatic heterocycles. The quantitative estimate of drug-likeness (QED) is 0.761. The van der Waals surface area contributed by atoms with Gasteiger partial charge in [0.15, 0.2) is 11.6 Å². The van der Waals surface area contributed by atoms with Crippen molar-refractivity contribution in [3.63, 3.8) is 0 Å². The lowest BCUT2D eigenvalue weighted by molar-refractivity contribution is 0.194. The largest absolute Gasteiger partial charge is 0.351 e. The van der Waals surface area contributed by atoms with E-state index in [0.717, 1.165) is 12.2 Å². The van der Waals surface area contributed by atoms with Crippen molar-refractivity contribution in [1.29, 1.82) is 0 Å². The maximum Gasteiger partial charge on any atom is 0.191 e. The lowest BCUT2D eigenvalue weighted by Crippen LogP contribution is -2.58. The first kappa shape index (κ1) is 16.6. The standard InChI is InChI=1S/C18H18F2N6/c1-25(7-14-6-21-10-22-14)15-8-26(9-15)18-16(20)17(23-11-24-18)12-2-4-13(19)5-3-12/h2-6,10-11,15H,7-9H2,1H3,(H,21,22). The Kier molecular flexibility index (Phi) is 4.34. The number of hydrogen-bond acceptors (Lipinski definition) is 5. The molecule has 0 aliphatic carbocycles. The topological polar surface area (TPSA) is 60.9 Å². The van der Waals surface area contributed by atoms with Gasteiger partial charge in [-0.15, -0.1) is 0 Å². The van der Waals surface area contributed by atoms with Crippen LogP contribution in [0.5, 0.6) is 0 Å². The highest BCUT2D eigenvalue weighted by Crippen LogP contribution is 2.29. The highest BCUT2D eigenvalue weighted by molar-refractivity contribution is 5.64. The van der Waals surface area contributed by atoms with Gasteiger partial charge >= 0.3 is 0 Å². The van der Waals surface area contributed by atoms with Gasteiger partial charge in [0.25, 0.3) is 0 Å². The molecule has 8 heteroatoms. The van der Waals surface area contributed by atoms with Crippen LogP contribution in [0.15, 0.2) is 43.1 Å². The molecule has 3 heterocycles. The highest BCUT2D eigenvalue weighted by atomic mass is 19.1. The molecule has 4 rings (SSSR count). The van der Waals surface area contributed by atoms with E-state index in [1.807, 2.05) is 11.9 Å². The Morgan fingerprint density at radius 3 is 2.65 bits per heavy atom. The Hall–Kier alpha value is -2.87. The average molecular weight is 356 g/mol. The molecule has 6 nitrogen and oxygen atoms in total. The monoisotopic (exact) mass is 356 g/mol. The second kappa shape index (κ2) is 6.80. The molecule has 0 spiro atoms. The summed E-state index contributed by atoms with van der Waals surface area (Å²) in [6.07, 6.45) is 4.80. The van der Waals surface area contributed by atoms with Crippen LogP contribution in [0.3, 0.4) is 0 Å². The number of rotatable bonds is 5. The van der Waals surface area contributed by atoms with Gasteiger partial charge < -0.3 is 9.88 Å².